The number of hydrogen-bond donors (Lipinski definition) is 1. The van der Waals surface area contributed by atoms with Crippen LogP contribution in [0.15, 0.2) is 24.3 Å². The number of benzene rings is 1. The molecule has 1 atom stereocenters. The number of fused-ring (bicyclic) bond motifs is 5. The van der Waals surface area contributed by atoms with Crippen LogP contribution in [0.3, 0.4) is 0 Å². The van der Waals surface area contributed by atoms with Crippen LogP contribution in [0.25, 0.3) is 21.5 Å². The number of likely N-dealkylation sites (tertiary alicyclic amines) is 1. The summed E-state index contributed by atoms with van der Waals surface area (Å²) in [6.07, 6.45) is 10.2. The van der Waals surface area contributed by atoms with Gasteiger partial charge in [-0.25, -0.2) is 4.79 Å². The highest BCUT2D eigenvalue weighted by molar-refractivity contribution is 7.21. The maximum Gasteiger partial charge on any atom is 0.345 e. The van der Waals surface area contributed by atoms with Crippen molar-refractivity contribution in [1.29, 1.82) is 0 Å². The van der Waals surface area contributed by atoms with Crippen molar-refractivity contribution in [2.45, 2.75) is 91.5 Å². The molecule has 1 unspecified atom stereocenters. The van der Waals surface area contributed by atoms with Crippen molar-refractivity contribution in [3.8, 4) is 11.3 Å². The quantitative estimate of drug-likeness (QED) is 0.308. The molecule has 1 saturated heterocycles. The van der Waals surface area contributed by atoms with Crippen LogP contribution >= 0.6 is 36.2 Å². The molecule has 6 rings (SSSR count). The molecule has 3 aromatic rings. The van der Waals surface area contributed by atoms with Gasteiger partial charge in [-0.15, -0.1) is 36.2 Å². The lowest BCUT2D eigenvalue weighted by Gasteiger charge is -2.33. The second-order valence-electron chi connectivity index (χ2n) is 12.1. The van der Waals surface area contributed by atoms with Crippen LogP contribution in [0.4, 0.5) is 5.69 Å². The summed E-state index contributed by atoms with van der Waals surface area (Å²) >= 11 is 1.49. The molecule has 1 N–H and O–H groups in total. The summed E-state index contributed by atoms with van der Waals surface area (Å²) in [6, 6.07) is 8.92. The lowest BCUT2D eigenvalue weighted by Crippen LogP contribution is -2.41. The highest BCUT2D eigenvalue weighted by Crippen LogP contribution is 2.49. The van der Waals surface area contributed by atoms with Gasteiger partial charge in [-0.2, -0.15) is 0 Å². The summed E-state index contributed by atoms with van der Waals surface area (Å²) < 4.78 is 3.69. The minimum absolute atomic E-state index is 0. The van der Waals surface area contributed by atoms with E-state index in [0.29, 0.717) is 10.8 Å². The van der Waals surface area contributed by atoms with Gasteiger partial charge >= 0.3 is 5.97 Å². The number of carboxylic acids is 1. The van der Waals surface area contributed by atoms with Crippen molar-refractivity contribution in [2.75, 3.05) is 37.6 Å². The zero-order valence-corrected chi connectivity index (χ0v) is 27.7. The Bertz CT molecular complexity index is 1300. The number of aromatic nitrogens is 1. The molecular weight excluding hydrogens is 573 g/mol. The van der Waals surface area contributed by atoms with E-state index < -0.39 is 5.97 Å². The van der Waals surface area contributed by atoms with Crippen molar-refractivity contribution < 1.29 is 9.90 Å². The molecule has 1 saturated carbocycles. The molecule has 2 aliphatic heterocycles. The summed E-state index contributed by atoms with van der Waals surface area (Å²) in [4.78, 5) is 17.7. The first-order chi connectivity index (χ1) is 18.9. The first kappa shape index (κ1) is 33.8. The monoisotopic (exact) mass is 621 g/mol. The number of aromatic carboxylic acids is 1. The molecule has 1 aliphatic carbocycles. The van der Waals surface area contributed by atoms with Gasteiger partial charge in [-0.05, 0) is 74.2 Å². The molecule has 5 nitrogen and oxygen atoms in total. The van der Waals surface area contributed by atoms with E-state index in [1.807, 2.05) is 6.07 Å². The maximum absolute atomic E-state index is 11.9. The zero-order chi connectivity index (χ0) is 27.5. The molecule has 0 amide bonds. The Morgan fingerprint density at radius 1 is 0.976 bits per heavy atom. The molecule has 3 aliphatic rings. The number of hydrogen-bond acceptors (Lipinski definition) is 4. The molecule has 2 aromatic heterocycles. The van der Waals surface area contributed by atoms with E-state index in [0.717, 1.165) is 37.6 Å². The average Bonchev–Trinajstić information content (AvgIpc) is 3.43. The third kappa shape index (κ3) is 7.26. The van der Waals surface area contributed by atoms with E-state index >= 15 is 0 Å². The van der Waals surface area contributed by atoms with Crippen LogP contribution < -0.4 is 4.90 Å². The number of halogens is 2. The second kappa shape index (κ2) is 15.1. The topological polar surface area (TPSA) is 48.7 Å². The van der Waals surface area contributed by atoms with E-state index in [1.54, 1.807) is 0 Å². The van der Waals surface area contributed by atoms with Gasteiger partial charge in [0, 0.05) is 44.0 Å². The van der Waals surface area contributed by atoms with Gasteiger partial charge < -0.3 is 19.5 Å². The van der Waals surface area contributed by atoms with E-state index in [1.165, 1.54) is 109 Å². The van der Waals surface area contributed by atoms with Crippen molar-refractivity contribution in [3.63, 3.8) is 0 Å². The summed E-state index contributed by atoms with van der Waals surface area (Å²) in [5.41, 5.74) is 7.93. The van der Waals surface area contributed by atoms with E-state index in [9.17, 15) is 9.90 Å². The van der Waals surface area contributed by atoms with Gasteiger partial charge in [0.15, 0.2) is 0 Å². The Morgan fingerprint density at radius 2 is 1.71 bits per heavy atom. The van der Waals surface area contributed by atoms with Gasteiger partial charge in [0.1, 0.15) is 4.88 Å². The van der Waals surface area contributed by atoms with Gasteiger partial charge in [0.05, 0.1) is 15.9 Å². The summed E-state index contributed by atoms with van der Waals surface area (Å²) in [5, 5.41) is 9.80. The number of carboxylic acid groups (broad SMARTS) is 1. The highest BCUT2D eigenvalue weighted by Gasteiger charge is 2.32. The lowest BCUT2D eigenvalue weighted by molar-refractivity contribution is 0.0702. The lowest BCUT2D eigenvalue weighted by atomic mass is 9.83. The second-order valence-corrected chi connectivity index (χ2v) is 13.2. The maximum atomic E-state index is 11.9. The fourth-order valence-corrected chi connectivity index (χ4v) is 8.10. The van der Waals surface area contributed by atoms with Crippen molar-refractivity contribution >= 4 is 58.0 Å². The molecule has 1 aromatic carbocycles. The Kier molecular flexibility index (Phi) is 12.5. The van der Waals surface area contributed by atoms with Crippen molar-refractivity contribution in [1.82, 2.24) is 9.47 Å². The fourth-order valence-electron chi connectivity index (χ4n) is 6.98. The minimum atomic E-state index is -0.804. The third-order valence-electron chi connectivity index (χ3n) is 8.77. The smallest absolute Gasteiger partial charge is 0.345 e. The average molecular weight is 623 g/mol. The standard InChI is InChI=1S/C30H39N3O2S.C3H8.2ClH/c1-20-10-11-23-24(17-20)32(14-13-31-12-6-7-21(2)19-31)15-16-33-25-18-26(30(34)35)36-29(25)27(28(23)33)22-8-4-3-5-9-22;1-3-2;;/h10-11,17-18,21-22H,3-9,12-16,19H2,1-2H3,(H,34,35);3H2,1-2H3;2*1H. The van der Waals surface area contributed by atoms with Crippen LogP contribution in [0.2, 0.25) is 0 Å². The molecule has 0 spiro atoms. The van der Waals surface area contributed by atoms with Crippen LogP contribution in [0, 0.1) is 12.8 Å². The fraction of sp³-hybridized carbons (Fsp3) is 0.606. The van der Waals surface area contributed by atoms with Crippen molar-refractivity contribution in [3.05, 3.63) is 40.3 Å². The van der Waals surface area contributed by atoms with Gasteiger partial charge in [-0.1, -0.05) is 58.6 Å². The van der Waals surface area contributed by atoms with Crippen molar-refractivity contribution in [2.24, 2.45) is 5.92 Å². The Labute approximate surface area is 263 Å². The number of anilines is 1. The molecule has 228 valence electrons. The number of thiophene rings is 1. The predicted molar refractivity (Wildman–Crippen MR) is 180 cm³/mol. The molecular formula is C33H49Cl2N3O2S. The molecule has 8 heteroatoms. The van der Waals surface area contributed by atoms with Gasteiger partial charge in [0.2, 0.25) is 0 Å². The largest absolute Gasteiger partial charge is 0.477 e. The molecule has 4 heterocycles. The molecule has 2 fully saturated rings. The number of rotatable bonds is 5. The molecule has 0 radical (unpaired) electrons. The highest BCUT2D eigenvalue weighted by atomic mass is 35.5. The molecule has 41 heavy (non-hydrogen) atoms. The van der Waals surface area contributed by atoms with Crippen LogP contribution in [-0.4, -0.2) is 53.3 Å². The van der Waals surface area contributed by atoms with Gasteiger partial charge in [0.25, 0.3) is 0 Å². The first-order valence-corrected chi connectivity index (χ1v) is 16.2. The normalized spacial score (nSPS) is 19.2. The number of piperidine rings is 1. The number of aryl methyl sites for hydroxylation is 1. The molecule has 0 bridgehead atoms. The summed E-state index contributed by atoms with van der Waals surface area (Å²) in [5.74, 6) is 0.516. The van der Waals surface area contributed by atoms with Crippen LogP contribution in [0.1, 0.15) is 98.9 Å². The SMILES string of the molecule is CCC.Cc1ccc2c(c1)N(CCN1CCCC(C)C1)CCn1c-2c(C2CCCCC2)c2sc(C(=O)O)cc21.Cl.Cl. The third-order valence-corrected chi connectivity index (χ3v) is 9.91. The van der Waals surface area contributed by atoms with E-state index in [-0.39, 0.29) is 24.8 Å². The number of carbonyl (C=O) groups is 1. The Balaban J connectivity index is 0.000000887. The number of nitrogens with zero attached hydrogens (tertiary/aromatic N) is 3. The Hall–Kier alpha value is -1.73. The van der Waals surface area contributed by atoms with E-state index in [2.05, 4.69) is 60.3 Å². The zero-order valence-electron chi connectivity index (χ0n) is 25.3. The van der Waals surface area contributed by atoms with Crippen LogP contribution in [0.5, 0.6) is 0 Å². The van der Waals surface area contributed by atoms with Crippen LogP contribution in [-0.2, 0) is 6.54 Å². The summed E-state index contributed by atoms with van der Waals surface area (Å²) in [7, 11) is 0. The minimum Gasteiger partial charge on any atom is -0.477 e. The first-order valence-electron chi connectivity index (χ1n) is 15.4. The summed E-state index contributed by atoms with van der Waals surface area (Å²) in [6.45, 7) is 15.3. The predicted octanol–water partition coefficient (Wildman–Crippen LogP) is 9.24. The van der Waals surface area contributed by atoms with E-state index in [4.69, 9.17) is 0 Å². The van der Waals surface area contributed by atoms with Gasteiger partial charge in [-0.3, -0.25) is 0 Å². The Morgan fingerprint density at radius 3 is 2.39 bits per heavy atom.